The Kier molecular flexibility index (Phi) is 3.83. The summed E-state index contributed by atoms with van der Waals surface area (Å²) in [5.74, 6) is -0.302. The Hall–Kier alpha value is -1.60. The number of nitrogens with one attached hydrogen (secondary N) is 2. The fourth-order valence-corrected chi connectivity index (χ4v) is 2.42. The lowest BCUT2D eigenvalue weighted by Crippen LogP contribution is -2.25. The molecule has 0 radical (unpaired) electrons. The molecule has 0 aliphatic heterocycles. The smallest absolute Gasteiger partial charge is 0.271 e. The maximum Gasteiger partial charge on any atom is 0.342 e. The van der Waals surface area contributed by atoms with Gasteiger partial charge in [-0.25, -0.2) is 14.3 Å². The van der Waals surface area contributed by atoms with Crippen LogP contribution in [0, 0.1) is 5.82 Å². The first-order chi connectivity index (χ1) is 8.58. The van der Waals surface area contributed by atoms with Crippen LogP contribution in [0.4, 0.5) is 4.39 Å². The van der Waals surface area contributed by atoms with E-state index in [0.29, 0.717) is 0 Å². The standard InChI is InChI=1S/C10H7ClFN3O2S/c11-6-2-1-3-7(12)5(6)4-18-9-8(16)13-10(17)15-14-9/h1-3H,4H2,(H2,13,15,16,17). The molecule has 2 N–H and O–H groups in total. The predicted octanol–water partition coefficient (Wildman–Crippen LogP) is 1.54. The monoisotopic (exact) mass is 287 g/mol. The summed E-state index contributed by atoms with van der Waals surface area (Å²) >= 11 is 6.83. The van der Waals surface area contributed by atoms with Crippen LogP contribution in [0.5, 0.6) is 0 Å². The van der Waals surface area contributed by atoms with E-state index < -0.39 is 17.1 Å². The third-order valence-corrected chi connectivity index (χ3v) is 3.43. The predicted molar refractivity (Wildman–Crippen MR) is 66.4 cm³/mol. The van der Waals surface area contributed by atoms with Gasteiger partial charge in [0.25, 0.3) is 5.56 Å². The lowest BCUT2D eigenvalue weighted by atomic mass is 10.2. The summed E-state index contributed by atoms with van der Waals surface area (Å²) in [6, 6.07) is 4.34. The topological polar surface area (TPSA) is 78.6 Å². The molecule has 1 aromatic carbocycles. The van der Waals surface area contributed by atoms with E-state index in [1.54, 1.807) is 6.07 Å². The molecule has 1 aromatic heterocycles. The number of halogens is 2. The van der Waals surface area contributed by atoms with Crippen LogP contribution in [-0.2, 0) is 5.75 Å². The van der Waals surface area contributed by atoms with Crippen molar-refractivity contribution >= 4 is 23.4 Å². The first-order valence-corrected chi connectivity index (χ1v) is 6.19. The van der Waals surface area contributed by atoms with E-state index in [4.69, 9.17) is 11.6 Å². The Morgan fingerprint density at radius 2 is 2.17 bits per heavy atom. The Labute approximate surface area is 109 Å². The number of aromatic amines is 2. The van der Waals surface area contributed by atoms with Crippen LogP contribution in [0.3, 0.4) is 0 Å². The molecule has 0 unspecified atom stereocenters. The fourth-order valence-electron chi connectivity index (χ4n) is 1.25. The van der Waals surface area contributed by atoms with Crippen molar-refractivity contribution in [2.24, 2.45) is 0 Å². The summed E-state index contributed by atoms with van der Waals surface area (Å²) in [5, 5.41) is 6.00. The van der Waals surface area contributed by atoms with Crippen LogP contribution in [0.25, 0.3) is 0 Å². The second kappa shape index (κ2) is 5.36. The van der Waals surface area contributed by atoms with Crippen LogP contribution >= 0.6 is 23.4 Å². The van der Waals surface area contributed by atoms with E-state index >= 15 is 0 Å². The third-order valence-electron chi connectivity index (χ3n) is 2.10. The van der Waals surface area contributed by atoms with Gasteiger partial charge in [-0.15, -0.1) is 0 Å². The highest BCUT2D eigenvalue weighted by Crippen LogP contribution is 2.25. The molecule has 5 nitrogen and oxygen atoms in total. The first-order valence-electron chi connectivity index (χ1n) is 4.82. The number of rotatable bonds is 3. The van der Waals surface area contributed by atoms with Gasteiger partial charge in [-0.3, -0.25) is 9.78 Å². The Balaban J connectivity index is 2.22. The van der Waals surface area contributed by atoms with Crippen LogP contribution in [0.1, 0.15) is 5.56 Å². The summed E-state index contributed by atoms with van der Waals surface area (Å²) in [6.45, 7) is 0. The molecular formula is C10H7ClFN3O2S. The van der Waals surface area contributed by atoms with E-state index in [1.807, 2.05) is 4.98 Å². The van der Waals surface area contributed by atoms with Gasteiger partial charge in [-0.05, 0) is 12.1 Å². The lowest BCUT2D eigenvalue weighted by molar-refractivity contribution is 0.617. The summed E-state index contributed by atoms with van der Waals surface area (Å²) < 4.78 is 13.5. The molecule has 18 heavy (non-hydrogen) atoms. The molecule has 0 saturated heterocycles. The zero-order valence-corrected chi connectivity index (χ0v) is 10.4. The molecule has 2 rings (SSSR count). The van der Waals surface area contributed by atoms with Gasteiger partial charge in [-0.2, -0.15) is 5.10 Å². The minimum absolute atomic E-state index is 0.0499. The number of benzene rings is 1. The highest BCUT2D eigenvalue weighted by atomic mass is 35.5. The van der Waals surface area contributed by atoms with Gasteiger partial charge >= 0.3 is 5.69 Å². The Bertz CT molecular complexity index is 665. The Morgan fingerprint density at radius 3 is 2.83 bits per heavy atom. The quantitative estimate of drug-likeness (QED) is 0.840. The molecule has 2 aromatic rings. The number of hydrogen-bond donors (Lipinski definition) is 2. The van der Waals surface area contributed by atoms with E-state index in [0.717, 1.165) is 11.8 Å². The lowest BCUT2D eigenvalue weighted by Gasteiger charge is -2.04. The zero-order valence-electron chi connectivity index (χ0n) is 8.87. The maximum absolute atomic E-state index is 13.5. The second-order valence-corrected chi connectivity index (χ2v) is 4.67. The molecule has 1 heterocycles. The average Bonchev–Trinajstić information content (AvgIpc) is 2.31. The molecule has 0 spiro atoms. The number of hydrogen-bond acceptors (Lipinski definition) is 4. The van der Waals surface area contributed by atoms with Gasteiger partial charge in [0.1, 0.15) is 5.82 Å². The number of H-pyrrole nitrogens is 2. The van der Waals surface area contributed by atoms with Crippen molar-refractivity contribution in [1.82, 2.24) is 15.2 Å². The minimum Gasteiger partial charge on any atom is -0.271 e. The molecule has 0 atom stereocenters. The molecule has 94 valence electrons. The van der Waals surface area contributed by atoms with Crippen molar-refractivity contribution in [2.75, 3.05) is 0 Å². The van der Waals surface area contributed by atoms with Crippen LogP contribution in [0.2, 0.25) is 5.02 Å². The first kappa shape index (κ1) is 12.8. The van der Waals surface area contributed by atoms with Crippen molar-refractivity contribution in [3.05, 3.63) is 55.4 Å². The molecule has 0 saturated carbocycles. The third kappa shape index (κ3) is 2.80. The number of aromatic nitrogens is 3. The summed E-state index contributed by atoms with van der Waals surface area (Å²) in [7, 11) is 0. The van der Waals surface area contributed by atoms with Crippen LogP contribution in [-0.4, -0.2) is 15.2 Å². The highest BCUT2D eigenvalue weighted by molar-refractivity contribution is 7.98. The fraction of sp³-hybridized carbons (Fsp3) is 0.100. The van der Waals surface area contributed by atoms with Crippen LogP contribution < -0.4 is 11.2 Å². The van der Waals surface area contributed by atoms with Crippen molar-refractivity contribution in [3.8, 4) is 0 Å². The largest absolute Gasteiger partial charge is 0.342 e. The summed E-state index contributed by atoms with van der Waals surface area (Å²) in [4.78, 5) is 24.1. The molecule has 8 heteroatoms. The van der Waals surface area contributed by atoms with Crippen molar-refractivity contribution in [1.29, 1.82) is 0 Å². The van der Waals surface area contributed by atoms with Gasteiger partial charge in [0.15, 0.2) is 5.03 Å². The second-order valence-electron chi connectivity index (χ2n) is 3.30. The van der Waals surface area contributed by atoms with Crippen molar-refractivity contribution in [3.63, 3.8) is 0 Å². The van der Waals surface area contributed by atoms with E-state index in [9.17, 15) is 14.0 Å². The van der Waals surface area contributed by atoms with Crippen molar-refractivity contribution < 1.29 is 4.39 Å². The van der Waals surface area contributed by atoms with Gasteiger partial charge < -0.3 is 0 Å². The number of thioether (sulfide) groups is 1. The molecular weight excluding hydrogens is 281 g/mol. The summed E-state index contributed by atoms with van der Waals surface area (Å²) in [5.41, 5.74) is -1.01. The highest BCUT2D eigenvalue weighted by Gasteiger charge is 2.10. The van der Waals surface area contributed by atoms with Gasteiger partial charge in [-0.1, -0.05) is 29.4 Å². The SMILES string of the molecule is O=c1[nH]nc(SCc2c(F)cccc2Cl)c(=O)[nH]1. The average molecular weight is 288 g/mol. The molecule has 0 fully saturated rings. The van der Waals surface area contributed by atoms with Crippen LogP contribution in [0.15, 0.2) is 32.8 Å². The normalized spacial score (nSPS) is 10.6. The van der Waals surface area contributed by atoms with Gasteiger partial charge in [0.2, 0.25) is 0 Å². The van der Waals surface area contributed by atoms with Gasteiger partial charge in [0, 0.05) is 16.3 Å². The van der Waals surface area contributed by atoms with E-state index in [-0.39, 0.29) is 21.4 Å². The molecule has 0 amide bonds. The molecule has 0 aliphatic rings. The molecule has 0 bridgehead atoms. The van der Waals surface area contributed by atoms with Crippen molar-refractivity contribution in [2.45, 2.75) is 10.8 Å². The minimum atomic E-state index is -0.687. The summed E-state index contributed by atoms with van der Waals surface area (Å²) in [6.07, 6.45) is 0. The van der Waals surface area contributed by atoms with E-state index in [2.05, 4.69) is 10.2 Å². The Morgan fingerprint density at radius 1 is 1.39 bits per heavy atom. The molecule has 0 aliphatic carbocycles. The maximum atomic E-state index is 13.5. The number of nitrogens with zero attached hydrogens (tertiary/aromatic N) is 1. The van der Waals surface area contributed by atoms with E-state index in [1.165, 1.54) is 12.1 Å². The van der Waals surface area contributed by atoms with Gasteiger partial charge in [0.05, 0.1) is 0 Å². The zero-order chi connectivity index (χ0) is 13.1.